The number of aliphatic imine (C=N–C) groups is 1. The fourth-order valence-corrected chi connectivity index (χ4v) is 4.11. The number of hydrogen-bond acceptors (Lipinski definition) is 4. The molecule has 0 heterocycles. The van der Waals surface area contributed by atoms with Crippen LogP contribution in [0.3, 0.4) is 0 Å². The minimum Gasteiger partial charge on any atom is -0.497 e. The van der Waals surface area contributed by atoms with E-state index in [1.54, 1.807) is 21.3 Å². The molecule has 0 bridgehead atoms. The summed E-state index contributed by atoms with van der Waals surface area (Å²) >= 11 is 0. The van der Waals surface area contributed by atoms with Crippen LogP contribution in [0.1, 0.15) is 30.1 Å². The van der Waals surface area contributed by atoms with Gasteiger partial charge in [0.25, 0.3) is 0 Å². The molecular weight excluding hydrogens is 333 g/mol. The van der Waals surface area contributed by atoms with Gasteiger partial charge in [-0.2, -0.15) is 0 Å². The van der Waals surface area contributed by atoms with Crippen molar-refractivity contribution in [2.45, 2.75) is 19.0 Å². The predicted octanol–water partition coefficient (Wildman–Crippen LogP) is 4.18. The van der Waals surface area contributed by atoms with Gasteiger partial charge in [-0.3, -0.25) is 4.99 Å². The summed E-state index contributed by atoms with van der Waals surface area (Å²) in [7, 11) is 5.73. The van der Waals surface area contributed by atoms with Crippen LogP contribution < -0.4 is 14.8 Å². The highest BCUT2D eigenvalue weighted by Crippen LogP contribution is 2.43. The van der Waals surface area contributed by atoms with Gasteiger partial charge in [-0.05, 0) is 35.5 Å². The molecule has 0 aliphatic carbocycles. The van der Waals surface area contributed by atoms with Crippen molar-refractivity contribution in [2.75, 3.05) is 28.1 Å². The van der Waals surface area contributed by atoms with Crippen LogP contribution in [0.25, 0.3) is 0 Å². The topological polar surface area (TPSA) is 40.0 Å². The van der Waals surface area contributed by atoms with Crippen molar-refractivity contribution in [1.82, 2.24) is 0 Å². The molecule has 25 heavy (non-hydrogen) atoms. The van der Waals surface area contributed by atoms with Crippen molar-refractivity contribution in [1.29, 1.82) is 0 Å². The molecule has 0 aliphatic heterocycles. The van der Waals surface area contributed by atoms with Gasteiger partial charge in [-0.1, -0.05) is 39.8 Å². The average Bonchev–Trinajstić information content (AvgIpc) is 2.66. The van der Waals surface area contributed by atoms with Crippen LogP contribution in [0.5, 0.6) is 11.5 Å². The number of nitrogens with zero attached hydrogens (tertiary/aromatic N) is 1. The second-order valence-electron chi connectivity index (χ2n) is 5.53. The molecule has 0 amide bonds. The van der Waals surface area contributed by atoms with Crippen LogP contribution in [0.4, 0.5) is 0 Å². The minimum atomic E-state index is 0.234. The Kier molecular flexibility index (Phi) is 7.90. The van der Waals surface area contributed by atoms with E-state index in [1.807, 2.05) is 24.4 Å². The van der Waals surface area contributed by atoms with Gasteiger partial charge < -0.3 is 14.2 Å². The standard InChI is InChI=1S/C20H26NO3P/c1-5-19(25-20-9-7-6-8-15(20)13-21-2)17-12-16(23-4)10-11-18(17)24-14-22-3/h6-13,19,25H,5,14H2,1-4H3/b21-13+. The molecule has 0 fully saturated rings. The van der Waals surface area contributed by atoms with Crippen LogP contribution in [0.15, 0.2) is 47.5 Å². The van der Waals surface area contributed by atoms with Gasteiger partial charge in [0.2, 0.25) is 0 Å². The summed E-state index contributed by atoms with van der Waals surface area (Å²) < 4.78 is 16.3. The van der Waals surface area contributed by atoms with E-state index in [9.17, 15) is 0 Å². The van der Waals surface area contributed by atoms with Crippen molar-refractivity contribution in [3.05, 3.63) is 53.6 Å². The number of hydrogen-bond donors (Lipinski definition) is 0. The number of benzene rings is 2. The fourth-order valence-electron chi connectivity index (χ4n) is 2.65. The van der Waals surface area contributed by atoms with E-state index in [2.05, 4.69) is 36.2 Å². The molecule has 0 saturated heterocycles. The lowest BCUT2D eigenvalue weighted by Gasteiger charge is -2.21. The molecule has 0 aliphatic rings. The number of methoxy groups -OCH3 is 2. The van der Waals surface area contributed by atoms with Crippen molar-refractivity contribution < 1.29 is 14.2 Å². The van der Waals surface area contributed by atoms with Crippen molar-refractivity contribution in [2.24, 2.45) is 4.99 Å². The number of ether oxygens (including phenoxy) is 3. The van der Waals surface area contributed by atoms with Crippen molar-refractivity contribution >= 4 is 20.1 Å². The monoisotopic (exact) mass is 359 g/mol. The zero-order valence-corrected chi connectivity index (χ0v) is 16.3. The van der Waals surface area contributed by atoms with Gasteiger partial charge in [-0.25, -0.2) is 0 Å². The molecule has 134 valence electrons. The Morgan fingerprint density at radius 1 is 1.16 bits per heavy atom. The smallest absolute Gasteiger partial charge is 0.188 e. The molecule has 2 aromatic carbocycles. The maximum absolute atomic E-state index is 5.78. The normalized spacial score (nSPS) is 12.8. The van der Waals surface area contributed by atoms with Crippen LogP contribution in [-0.4, -0.2) is 34.3 Å². The van der Waals surface area contributed by atoms with Gasteiger partial charge in [0, 0.05) is 31.6 Å². The second kappa shape index (κ2) is 10.2. The van der Waals surface area contributed by atoms with E-state index in [4.69, 9.17) is 14.2 Å². The molecule has 2 atom stereocenters. The van der Waals surface area contributed by atoms with Gasteiger partial charge in [0.15, 0.2) is 6.79 Å². The Balaban J connectivity index is 2.36. The maximum atomic E-state index is 5.78. The molecule has 2 unspecified atom stereocenters. The quantitative estimate of drug-likeness (QED) is 0.383. The van der Waals surface area contributed by atoms with Gasteiger partial charge in [-0.15, -0.1) is 0 Å². The summed E-state index contributed by atoms with van der Waals surface area (Å²) in [5.74, 6) is 1.69. The average molecular weight is 359 g/mol. The molecule has 4 nitrogen and oxygen atoms in total. The first-order valence-corrected chi connectivity index (χ1v) is 9.38. The third-order valence-corrected chi connectivity index (χ3v) is 5.73. The van der Waals surface area contributed by atoms with E-state index in [1.165, 1.54) is 10.9 Å². The molecule has 0 radical (unpaired) electrons. The van der Waals surface area contributed by atoms with Crippen LogP contribution in [0, 0.1) is 0 Å². The Hall–Kier alpha value is -1.90. The fraction of sp³-hybridized carbons (Fsp3) is 0.350. The Labute approximate surface area is 152 Å². The lowest BCUT2D eigenvalue weighted by molar-refractivity contribution is 0.0503. The zero-order chi connectivity index (χ0) is 18.1. The Morgan fingerprint density at radius 2 is 1.96 bits per heavy atom. The molecule has 0 spiro atoms. The third kappa shape index (κ3) is 5.29. The van der Waals surface area contributed by atoms with E-state index in [0.29, 0.717) is 14.2 Å². The summed E-state index contributed by atoms with van der Waals surface area (Å²) in [5.41, 5.74) is 2.66. The molecule has 0 saturated carbocycles. The first-order valence-electron chi connectivity index (χ1n) is 8.30. The van der Waals surface area contributed by atoms with E-state index >= 15 is 0 Å². The summed E-state index contributed by atoms with van der Waals surface area (Å²) in [6.45, 7) is 2.44. The molecule has 0 aromatic heterocycles. The van der Waals surface area contributed by atoms with E-state index in [0.717, 1.165) is 23.5 Å². The highest BCUT2D eigenvalue weighted by molar-refractivity contribution is 7.47. The van der Waals surface area contributed by atoms with E-state index in [-0.39, 0.29) is 6.79 Å². The lowest BCUT2D eigenvalue weighted by atomic mass is 10.1. The van der Waals surface area contributed by atoms with Gasteiger partial charge in [0.1, 0.15) is 11.5 Å². The van der Waals surface area contributed by atoms with Crippen LogP contribution in [-0.2, 0) is 4.74 Å². The summed E-state index contributed by atoms with van der Waals surface area (Å²) in [6, 6.07) is 14.4. The summed E-state index contributed by atoms with van der Waals surface area (Å²) in [5, 5.41) is 1.31. The van der Waals surface area contributed by atoms with Gasteiger partial charge in [0.05, 0.1) is 7.11 Å². The molecule has 2 rings (SSSR count). The Morgan fingerprint density at radius 3 is 2.64 bits per heavy atom. The van der Waals surface area contributed by atoms with Crippen molar-refractivity contribution in [3.8, 4) is 11.5 Å². The van der Waals surface area contributed by atoms with Crippen molar-refractivity contribution in [3.63, 3.8) is 0 Å². The minimum absolute atomic E-state index is 0.234. The first-order chi connectivity index (χ1) is 12.2. The zero-order valence-electron chi connectivity index (χ0n) is 15.3. The predicted molar refractivity (Wildman–Crippen MR) is 106 cm³/mol. The molecule has 5 heteroatoms. The first kappa shape index (κ1) is 19.4. The van der Waals surface area contributed by atoms with Crippen LogP contribution in [0.2, 0.25) is 0 Å². The summed E-state index contributed by atoms with van der Waals surface area (Å²) in [4.78, 5) is 4.18. The lowest BCUT2D eigenvalue weighted by Crippen LogP contribution is -2.08. The molecule has 2 aromatic rings. The van der Waals surface area contributed by atoms with E-state index < -0.39 is 0 Å². The molecular formula is C20H26NO3P. The summed E-state index contributed by atoms with van der Waals surface area (Å²) in [6.07, 6.45) is 2.93. The highest BCUT2D eigenvalue weighted by Gasteiger charge is 2.18. The molecule has 0 N–H and O–H groups in total. The largest absolute Gasteiger partial charge is 0.497 e. The third-order valence-electron chi connectivity index (χ3n) is 3.89. The SMILES string of the molecule is CCC(Pc1ccccc1/C=N/C)c1cc(OC)ccc1OCOC. The Bertz CT molecular complexity index is 703. The maximum Gasteiger partial charge on any atom is 0.188 e. The highest BCUT2D eigenvalue weighted by atomic mass is 31.1. The second-order valence-corrected chi connectivity index (χ2v) is 7.06. The van der Waals surface area contributed by atoms with Crippen LogP contribution >= 0.6 is 8.58 Å². The van der Waals surface area contributed by atoms with Gasteiger partial charge >= 0.3 is 0 Å². The number of rotatable bonds is 9.